The van der Waals surface area contributed by atoms with E-state index in [0.717, 1.165) is 30.0 Å². The molecular formula is C13H14ClN3. The van der Waals surface area contributed by atoms with Crippen LogP contribution in [0.3, 0.4) is 0 Å². The summed E-state index contributed by atoms with van der Waals surface area (Å²) in [6, 6.07) is 11.5. The van der Waals surface area contributed by atoms with E-state index in [1.165, 1.54) is 0 Å². The van der Waals surface area contributed by atoms with Crippen molar-refractivity contribution in [3.63, 3.8) is 0 Å². The van der Waals surface area contributed by atoms with Crippen LogP contribution in [-0.4, -0.2) is 16.7 Å². The second-order valence-corrected chi connectivity index (χ2v) is 4.18. The summed E-state index contributed by atoms with van der Waals surface area (Å²) in [6.45, 7) is 3.02. The Hall–Kier alpha value is -1.61. The highest BCUT2D eigenvalue weighted by molar-refractivity contribution is 6.30. The van der Waals surface area contributed by atoms with Crippen LogP contribution >= 0.6 is 11.6 Å². The quantitative estimate of drug-likeness (QED) is 0.897. The molecule has 1 aromatic carbocycles. The van der Waals surface area contributed by atoms with Crippen LogP contribution in [0.5, 0.6) is 0 Å². The minimum Gasteiger partial charge on any atom is -0.369 e. The van der Waals surface area contributed by atoms with E-state index in [0.29, 0.717) is 5.02 Å². The average Bonchev–Trinajstić information content (AvgIpc) is 2.37. The molecule has 3 nitrogen and oxygen atoms in total. The zero-order valence-electron chi connectivity index (χ0n) is 9.65. The summed E-state index contributed by atoms with van der Waals surface area (Å²) >= 11 is 5.93. The van der Waals surface area contributed by atoms with Crippen LogP contribution in [0.25, 0.3) is 11.3 Å². The van der Waals surface area contributed by atoms with E-state index in [1.807, 2.05) is 36.4 Å². The van der Waals surface area contributed by atoms with Crippen LogP contribution in [0.2, 0.25) is 5.02 Å². The third-order valence-electron chi connectivity index (χ3n) is 2.34. The van der Waals surface area contributed by atoms with Gasteiger partial charge in [0, 0.05) is 17.1 Å². The monoisotopic (exact) mass is 247 g/mol. The maximum absolute atomic E-state index is 5.93. The molecule has 0 fully saturated rings. The molecule has 0 unspecified atom stereocenters. The Balaban J connectivity index is 2.17. The number of nitrogens with zero attached hydrogens (tertiary/aromatic N) is 2. The average molecular weight is 248 g/mol. The first kappa shape index (κ1) is 11.9. The van der Waals surface area contributed by atoms with Gasteiger partial charge >= 0.3 is 0 Å². The van der Waals surface area contributed by atoms with Gasteiger partial charge in [0.2, 0.25) is 0 Å². The minimum atomic E-state index is 0.706. The Morgan fingerprint density at radius 3 is 2.71 bits per heavy atom. The third-order valence-corrected chi connectivity index (χ3v) is 2.58. The second kappa shape index (κ2) is 5.64. The molecule has 0 saturated heterocycles. The Kier molecular flexibility index (Phi) is 3.94. The normalized spacial score (nSPS) is 10.2. The third kappa shape index (κ3) is 3.17. The summed E-state index contributed by atoms with van der Waals surface area (Å²) in [4.78, 5) is 0. The van der Waals surface area contributed by atoms with E-state index >= 15 is 0 Å². The van der Waals surface area contributed by atoms with Gasteiger partial charge in [-0.3, -0.25) is 0 Å². The molecule has 0 bridgehead atoms. The summed E-state index contributed by atoms with van der Waals surface area (Å²) in [5, 5.41) is 12.2. The summed E-state index contributed by atoms with van der Waals surface area (Å²) < 4.78 is 0. The molecule has 1 N–H and O–H groups in total. The zero-order chi connectivity index (χ0) is 12.1. The number of hydrogen-bond donors (Lipinski definition) is 1. The molecule has 2 aromatic rings. The summed E-state index contributed by atoms with van der Waals surface area (Å²) in [5.41, 5.74) is 1.81. The topological polar surface area (TPSA) is 37.8 Å². The van der Waals surface area contributed by atoms with Crippen LogP contribution in [0.1, 0.15) is 13.3 Å². The predicted octanol–water partition coefficient (Wildman–Crippen LogP) is 3.62. The Morgan fingerprint density at radius 1 is 1.18 bits per heavy atom. The minimum absolute atomic E-state index is 0.706. The van der Waals surface area contributed by atoms with Gasteiger partial charge in [-0.25, -0.2) is 0 Å². The van der Waals surface area contributed by atoms with Gasteiger partial charge in [-0.2, -0.15) is 0 Å². The van der Waals surface area contributed by atoms with Gasteiger partial charge in [-0.1, -0.05) is 30.7 Å². The molecule has 0 aliphatic carbocycles. The maximum Gasteiger partial charge on any atom is 0.148 e. The van der Waals surface area contributed by atoms with Crippen LogP contribution in [-0.2, 0) is 0 Å². The van der Waals surface area contributed by atoms with E-state index in [1.54, 1.807) is 0 Å². The first-order valence-corrected chi connectivity index (χ1v) is 6.01. The van der Waals surface area contributed by atoms with Crippen molar-refractivity contribution in [1.29, 1.82) is 0 Å². The van der Waals surface area contributed by atoms with E-state index < -0.39 is 0 Å². The first-order chi connectivity index (χ1) is 8.29. The molecule has 0 saturated carbocycles. The summed E-state index contributed by atoms with van der Waals surface area (Å²) in [7, 11) is 0. The van der Waals surface area contributed by atoms with Gasteiger partial charge in [0.05, 0.1) is 5.69 Å². The molecule has 1 aromatic heterocycles. The van der Waals surface area contributed by atoms with Gasteiger partial charge in [-0.15, -0.1) is 10.2 Å². The molecular weight excluding hydrogens is 234 g/mol. The van der Waals surface area contributed by atoms with Gasteiger partial charge in [0.1, 0.15) is 5.82 Å². The van der Waals surface area contributed by atoms with E-state index in [4.69, 9.17) is 11.6 Å². The number of aromatic nitrogens is 2. The molecule has 0 atom stereocenters. The lowest BCUT2D eigenvalue weighted by Gasteiger charge is -2.04. The molecule has 0 spiro atoms. The smallest absolute Gasteiger partial charge is 0.148 e. The lowest BCUT2D eigenvalue weighted by atomic mass is 10.1. The fraction of sp³-hybridized carbons (Fsp3) is 0.231. The van der Waals surface area contributed by atoms with Crippen LogP contribution < -0.4 is 5.32 Å². The fourth-order valence-corrected chi connectivity index (χ4v) is 1.67. The molecule has 0 radical (unpaired) electrons. The van der Waals surface area contributed by atoms with Crippen molar-refractivity contribution < 1.29 is 0 Å². The van der Waals surface area contributed by atoms with Crippen LogP contribution in [0, 0.1) is 0 Å². The molecule has 0 amide bonds. The number of nitrogens with one attached hydrogen (secondary N) is 1. The zero-order valence-corrected chi connectivity index (χ0v) is 10.4. The van der Waals surface area contributed by atoms with Crippen molar-refractivity contribution >= 4 is 17.4 Å². The van der Waals surface area contributed by atoms with E-state index in [2.05, 4.69) is 22.4 Å². The molecule has 17 heavy (non-hydrogen) atoms. The second-order valence-electron chi connectivity index (χ2n) is 3.74. The molecule has 4 heteroatoms. The lowest BCUT2D eigenvalue weighted by molar-refractivity contribution is 0.945. The lowest BCUT2D eigenvalue weighted by Crippen LogP contribution is -2.02. The number of benzene rings is 1. The summed E-state index contributed by atoms with van der Waals surface area (Å²) in [5.74, 6) is 0.803. The van der Waals surface area contributed by atoms with Crippen LogP contribution in [0.4, 0.5) is 5.82 Å². The maximum atomic E-state index is 5.93. The van der Waals surface area contributed by atoms with Crippen molar-refractivity contribution in [1.82, 2.24) is 10.2 Å². The molecule has 88 valence electrons. The standard InChI is InChI=1S/C13H14ClN3/c1-2-8-15-13-7-6-12(16-17-13)10-4-3-5-11(14)9-10/h3-7,9H,2,8H2,1H3,(H,15,17). The Morgan fingerprint density at radius 2 is 2.06 bits per heavy atom. The first-order valence-electron chi connectivity index (χ1n) is 5.63. The van der Waals surface area contributed by atoms with Crippen LogP contribution in [0.15, 0.2) is 36.4 Å². The van der Waals surface area contributed by atoms with Gasteiger partial charge in [0.15, 0.2) is 0 Å². The van der Waals surface area contributed by atoms with Gasteiger partial charge in [-0.05, 0) is 30.7 Å². The molecule has 0 aliphatic heterocycles. The number of rotatable bonds is 4. The van der Waals surface area contributed by atoms with Gasteiger partial charge in [0.25, 0.3) is 0 Å². The highest BCUT2D eigenvalue weighted by atomic mass is 35.5. The van der Waals surface area contributed by atoms with Crippen molar-refractivity contribution in [3.05, 3.63) is 41.4 Å². The van der Waals surface area contributed by atoms with E-state index in [9.17, 15) is 0 Å². The van der Waals surface area contributed by atoms with Crippen molar-refractivity contribution in [2.75, 3.05) is 11.9 Å². The number of anilines is 1. The highest BCUT2D eigenvalue weighted by Gasteiger charge is 2.01. The number of halogens is 1. The van der Waals surface area contributed by atoms with Crippen molar-refractivity contribution in [2.24, 2.45) is 0 Å². The highest BCUT2D eigenvalue weighted by Crippen LogP contribution is 2.20. The van der Waals surface area contributed by atoms with Crippen molar-refractivity contribution in [3.8, 4) is 11.3 Å². The molecule has 1 heterocycles. The van der Waals surface area contributed by atoms with E-state index in [-0.39, 0.29) is 0 Å². The largest absolute Gasteiger partial charge is 0.369 e. The molecule has 0 aliphatic rings. The SMILES string of the molecule is CCCNc1ccc(-c2cccc(Cl)c2)nn1. The van der Waals surface area contributed by atoms with Gasteiger partial charge < -0.3 is 5.32 Å². The summed E-state index contributed by atoms with van der Waals surface area (Å²) in [6.07, 6.45) is 1.07. The predicted molar refractivity (Wildman–Crippen MR) is 71.3 cm³/mol. The Labute approximate surface area is 106 Å². The fourth-order valence-electron chi connectivity index (χ4n) is 1.48. The number of hydrogen-bond acceptors (Lipinski definition) is 3. The Bertz CT molecular complexity index is 482. The van der Waals surface area contributed by atoms with Crippen molar-refractivity contribution in [2.45, 2.75) is 13.3 Å². The molecule has 2 rings (SSSR count).